The third kappa shape index (κ3) is 1.77. The Balaban J connectivity index is 1.88. The number of ether oxygens (including phenoxy) is 1. The number of hydrogen-bond donors (Lipinski definition) is 1. The Kier molecular flexibility index (Phi) is 2.87. The summed E-state index contributed by atoms with van der Waals surface area (Å²) >= 11 is 0. The second-order valence-electron chi connectivity index (χ2n) is 7.50. The van der Waals surface area contributed by atoms with Crippen molar-refractivity contribution in [1.29, 1.82) is 0 Å². The number of benzene rings is 1. The molecule has 2 nitrogen and oxygen atoms in total. The SMILES string of the molecule is COc1ccc2c(c1)CCC1=C3C[C@@H](O)CC3(C)C=CC12C. The lowest BCUT2D eigenvalue weighted by Gasteiger charge is -2.44. The average molecular weight is 296 g/mol. The first-order valence-electron chi connectivity index (χ1n) is 8.25. The fraction of sp³-hybridized carbons (Fsp3) is 0.500. The van der Waals surface area contributed by atoms with Gasteiger partial charge >= 0.3 is 0 Å². The first kappa shape index (κ1) is 14.1. The highest BCUT2D eigenvalue weighted by atomic mass is 16.5. The summed E-state index contributed by atoms with van der Waals surface area (Å²) in [6, 6.07) is 6.49. The van der Waals surface area contributed by atoms with Crippen molar-refractivity contribution in [3.63, 3.8) is 0 Å². The highest BCUT2D eigenvalue weighted by molar-refractivity contribution is 5.56. The summed E-state index contributed by atoms with van der Waals surface area (Å²) in [5, 5.41) is 10.2. The Morgan fingerprint density at radius 2 is 1.95 bits per heavy atom. The minimum absolute atomic E-state index is 0.0151. The maximum Gasteiger partial charge on any atom is 0.119 e. The topological polar surface area (TPSA) is 29.5 Å². The van der Waals surface area contributed by atoms with Gasteiger partial charge < -0.3 is 9.84 Å². The Labute approximate surface area is 132 Å². The number of aliphatic hydroxyl groups is 1. The van der Waals surface area contributed by atoms with Crippen LogP contribution < -0.4 is 4.74 Å². The molecule has 22 heavy (non-hydrogen) atoms. The quantitative estimate of drug-likeness (QED) is 0.796. The van der Waals surface area contributed by atoms with Crippen LogP contribution in [-0.2, 0) is 11.8 Å². The molecule has 1 aromatic carbocycles. The Morgan fingerprint density at radius 3 is 2.73 bits per heavy atom. The number of allylic oxidation sites excluding steroid dienone is 3. The zero-order chi connectivity index (χ0) is 15.5. The van der Waals surface area contributed by atoms with Gasteiger partial charge in [0, 0.05) is 10.8 Å². The molecule has 0 bridgehead atoms. The molecule has 1 saturated carbocycles. The van der Waals surface area contributed by atoms with E-state index in [1.54, 1.807) is 12.7 Å². The summed E-state index contributed by atoms with van der Waals surface area (Å²) in [4.78, 5) is 0. The van der Waals surface area contributed by atoms with E-state index in [1.165, 1.54) is 16.7 Å². The van der Waals surface area contributed by atoms with Gasteiger partial charge in [0.1, 0.15) is 5.75 Å². The molecule has 0 radical (unpaired) electrons. The number of aliphatic hydroxyl groups excluding tert-OH is 1. The summed E-state index contributed by atoms with van der Waals surface area (Å²) in [5.41, 5.74) is 5.90. The van der Waals surface area contributed by atoms with Gasteiger partial charge in [-0.3, -0.25) is 0 Å². The molecule has 1 N–H and O–H groups in total. The Hall–Kier alpha value is -1.54. The Bertz CT molecular complexity index is 700. The van der Waals surface area contributed by atoms with Crippen molar-refractivity contribution in [3.8, 4) is 5.75 Å². The van der Waals surface area contributed by atoms with Gasteiger partial charge in [0.15, 0.2) is 0 Å². The molecule has 1 fully saturated rings. The fourth-order valence-electron chi connectivity index (χ4n) is 4.89. The van der Waals surface area contributed by atoms with Crippen LogP contribution >= 0.6 is 0 Å². The van der Waals surface area contributed by atoms with Gasteiger partial charge in [-0.2, -0.15) is 0 Å². The van der Waals surface area contributed by atoms with Crippen molar-refractivity contribution in [3.05, 3.63) is 52.6 Å². The predicted molar refractivity (Wildman–Crippen MR) is 88.2 cm³/mol. The molecule has 0 aliphatic heterocycles. The van der Waals surface area contributed by atoms with Gasteiger partial charge in [-0.05, 0) is 55.9 Å². The number of fused-ring (bicyclic) bond motifs is 4. The van der Waals surface area contributed by atoms with Crippen LogP contribution in [0.3, 0.4) is 0 Å². The number of rotatable bonds is 1. The molecule has 0 aromatic heterocycles. The molecule has 3 aliphatic rings. The summed E-state index contributed by atoms with van der Waals surface area (Å²) in [5.74, 6) is 0.944. The molecule has 116 valence electrons. The van der Waals surface area contributed by atoms with Crippen LogP contribution in [0, 0.1) is 5.41 Å². The summed E-state index contributed by atoms with van der Waals surface area (Å²) < 4.78 is 5.39. The first-order valence-corrected chi connectivity index (χ1v) is 8.25. The molecule has 0 heterocycles. The maximum absolute atomic E-state index is 10.2. The van der Waals surface area contributed by atoms with Crippen LogP contribution in [0.4, 0.5) is 0 Å². The maximum atomic E-state index is 10.2. The van der Waals surface area contributed by atoms with Gasteiger partial charge in [-0.1, -0.05) is 36.3 Å². The van der Waals surface area contributed by atoms with Crippen LogP contribution in [0.2, 0.25) is 0 Å². The van der Waals surface area contributed by atoms with E-state index >= 15 is 0 Å². The smallest absolute Gasteiger partial charge is 0.119 e. The van der Waals surface area contributed by atoms with E-state index < -0.39 is 0 Å². The summed E-state index contributed by atoms with van der Waals surface area (Å²) in [6.07, 6.45) is 8.43. The highest BCUT2D eigenvalue weighted by Gasteiger charge is 2.47. The molecule has 0 amide bonds. The third-order valence-corrected chi connectivity index (χ3v) is 6.08. The summed E-state index contributed by atoms with van der Waals surface area (Å²) in [6.45, 7) is 4.62. The lowest BCUT2D eigenvalue weighted by molar-refractivity contribution is 0.172. The molecule has 4 rings (SSSR count). The molecular formula is C20H24O2. The Morgan fingerprint density at radius 1 is 1.14 bits per heavy atom. The molecule has 0 saturated heterocycles. The first-order chi connectivity index (χ1) is 10.5. The normalized spacial score (nSPS) is 35.9. The van der Waals surface area contributed by atoms with E-state index in [4.69, 9.17) is 4.74 Å². The molecular weight excluding hydrogens is 272 g/mol. The average Bonchev–Trinajstić information content (AvgIpc) is 2.81. The van der Waals surface area contributed by atoms with Crippen LogP contribution in [-0.4, -0.2) is 18.3 Å². The van der Waals surface area contributed by atoms with Crippen molar-refractivity contribution in [2.75, 3.05) is 7.11 Å². The molecule has 0 spiro atoms. The van der Waals surface area contributed by atoms with Crippen molar-refractivity contribution in [2.45, 2.75) is 51.0 Å². The second-order valence-corrected chi connectivity index (χ2v) is 7.50. The minimum atomic E-state index is -0.184. The molecule has 3 aliphatic carbocycles. The van der Waals surface area contributed by atoms with Crippen LogP contribution in [0.15, 0.2) is 41.5 Å². The zero-order valence-corrected chi connectivity index (χ0v) is 13.6. The molecule has 3 atom stereocenters. The van der Waals surface area contributed by atoms with Gasteiger partial charge in [0.25, 0.3) is 0 Å². The zero-order valence-electron chi connectivity index (χ0n) is 13.6. The van der Waals surface area contributed by atoms with E-state index in [-0.39, 0.29) is 16.9 Å². The fourth-order valence-corrected chi connectivity index (χ4v) is 4.89. The minimum Gasteiger partial charge on any atom is -0.497 e. The van der Waals surface area contributed by atoms with E-state index in [9.17, 15) is 5.11 Å². The summed E-state index contributed by atoms with van der Waals surface area (Å²) in [7, 11) is 1.73. The van der Waals surface area contributed by atoms with E-state index in [2.05, 4.69) is 44.2 Å². The van der Waals surface area contributed by atoms with Crippen molar-refractivity contribution in [1.82, 2.24) is 0 Å². The van der Waals surface area contributed by atoms with Gasteiger partial charge in [-0.15, -0.1) is 0 Å². The second kappa shape index (κ2) is 4.48. The monoisotopic (exact) mass is 296 g/mol. The lowest BCUT2D eigenvalue weighted by Crippen LogP contribution is -2.34. The molecule has 2 heteroatoms. The van der Waals surface area contributed by atoms with Gasteiger partial charge in [0.05, 0.1) is 13.2 Å². The van der Waals surface area contributed by atoms with Crippen LogP contribution in [0.25, 0.3) is 0 Å². The third-order valence-electron chi connectivity index (χ3n) is 6.08. The van der Waals surface area contributed by atoms with E-state index in [1.807, 2.05) is 0 Å². The van der Waals surface area contributed by atoms with Gasteiger partial charge in [0.2, 0.25) is 0 Å². The number of hydrogen-bond acceptors (Lipinski definition) is 2. The number of methoxy groups -OCH3 is 1. The van der Waals surface area contributed by atoms with E-state index in [0.29, 0.717) is 0 Å². The van der Waals surface area contributed by atoms with Crippen LogP contribution in [0.5, 0.6) is 5.75 Å². The standard InChI is InChI=1S/C20H24O2/c1-19-8-9-20(2)16-7-5-15(22-3)10-13(16)4-6-17(20)18(19)11-14(21)12-19/h5,7-10,14,21H,4,6,11-12H2,1-3H3/t14-,19?,20?/m1/s1. The van der Waals surface area contributed by atoms with Crippen molar-refractivity contribution in [2.24, 2.45) is 5.41 Å². The number of aryl methyl sites for hydroxylation is 1. The van der Waals surface area contributed by atoms with Crippen LogP contribution in [0.1, 0.15) is 44.2 Å². The van der Waals surface area contributed by atoms with Gasteiger partial charge in [-0.25, -0.2) is 0 Å². The highest BCUT2D eigenvalue weighted by Crippen LogP contribution is 2.56. The molecule has 1 aromatic rings. The largest absolute Gasteiger partial charge is 0.497 e. The molecule has 2 unspecified atom stereocenters. The van der Waals surface area contributed by atoms with E-state index in [0.717, 1.165) is 31.4 Å². The van der Waals surface area contributed by atoms with Crippen molar-refractivity contribution >= 4 is 0 Å². The predicted octanol–water partition coefficient (Wildman–Crippen LogP) is 3.93. The lowest BCUT2D eigenvalue weighted by atomic mass is 9.60. The van der Waals surface area contributed by atoms with Crippen molar-refractivity contribution < 1.29 is 9.84 Å².